The van der Waals surface area contributed by atoms with E-state index in [2.05, 4.69) is 194 Å². The van der Waals surface area contributed by atoms with Crippen LogP contribution in [0.15, 0.2) is 208 Å². The Balaban J connectivity index is 0.000000949. The van der Waals surface area contributed by atoms with Crippen molar-refractivity contribution < 1.29 is 0 Å². The van der Waals surface area contributed by atoms with E-state index in [4.69, 9.17) is 4.98 Å². The second-order valence-corrected chi connectivity index (χ2v) is 13.9. The fourth-order valence-electron chi connectivity index (χ4n) is 8.51. The molecule has 2 heterocycles. The Morgan fingerprint density at radius 1 is 0.545 bits per heavy atom. The van der Waals surface area contributed by atoms with Gasteiger partial charge in [0.15, 0.2) is 0 Å². The van der Waals surface area contributed by atoms with Crippen molar-refractivity contribution in [3.05, 3.63) is 230 Å². The summed E-state index contributed by atoms with van der Waals surface area (Å²) in [4.78, 5) is 9.37. The molecule has 0 saturated carbocycles. The molecule has 55 heavy (non-hydrogen) atoms. The third-order valence-corrected chi connectivity index (χ3v) is 11.0. The molecule has 7 aromatic carbocycles. The van der Waals surface area contributed by atoms with E-state index in [1.54, 1.807) is 12.2 Å². The molecule has 1 aliphatic rings. The second kappa shape index (κ2) is 14.0. The molecule has 262 valence electrons. The van der Waals surface area contributed by atoms with Gasteiger partial charge in [0.2, 0.25) is 0 Å². The fourth-order valence-corrected chi connectivity index (χ4v) is 8.51. The van der Waals surface area contributed by atoms with Gasteiger partial charge < -0.3 is 4.57 Å². The van der Waals surface area contributed by atoms with Gasteiger partial charge in [-0.3, -0.25) is 4.98 Å². The first-order valence-electron chi connectivity index (χ1n) is 18.6. The molecule has 10 rings (SSSR count). The van der Waals surface area contributed by atoms with E-state index in [1.165, 1.54) is 61.0 Å². The van der Waals surface area contributed by atoms with Crippen molar-refractivity contribution in [1.82, 2.24) is 14.5 Å². The maximum atomic E-state index is 4.98. The minimum Gasteiger partial charge on any atom is -0.327 e. The van der Waals surface area contributed by atoms with Crippen LogP contribution in [0.1, 0.15) is 22.3 Å². The van der Waals surface area contributed by atoms with E-state index in [-0.39, 0.29) is 0 Å². The molecule has 0 atom stereocenters. The molecule has 1 aliphatic carbocycles. The van der Waals surface area contributed by atoms with Gasteiger partial charge in [-0.15, -0.1) is 0 Å². The van der Waals surface area contributed by atoms with Crippen LogP contribution in [0.2, 0.25) is 0 Å². The second-order valence-electron chi connectivity index (χ2n) is 13.9. The summed E-state index contributed by atoms with van der Waals surface area (Å²) >= 11 is 0. The van der Waals surface area contributed by atoms with Crippen LogP contribution < -0.4 is 0 Å². The number of aromatic nitrogens is 3. The lowest BCUT2D eigenvalue weighted by molar-refractivity contribution is 0.770. The third-order valence-electron chi connectivity index (χ3n) is 11.0. The molecular weight excluding hydrogens is 667 g/mol. The lowest BCUT2D eigenvalue weighted by Crippen LogP contribution is -2.29. The first kappa shape index (κ1) is 33.7. The Bertz CT molecular complexity index is 2800. The van der Waals surface area contributed by atoms with Crippen LogP contribution in [-0.4, -0.2) is 14.5 Å². The molecule has 9 aromatic rings. The van der Waals surface area contributed by atoms with Gasteiger partial charge in [0.25, 0.3) is 0 Å². The van der Waals surface area contributed by atoms with Crippen LogP contribution in [0.3, 0.4) is 0 Å². The van der Waals surface area contributed by atoms with Gasteiger partial charge in [-0.1, -0.05) is 171 Å². The predicted octanol–water partition coefficient (Wildman–Crippen LogP) is 12.8. The van der Waals surface area contributed by atoms with E-state index < -0.39 is 5.41 Å². The molecule has 0 spiro atoms. The Morgan fingerprint density at radius 2 is 1.16 bits per heavy atom. The maximum absolute atomic E-state index is 4.98. The zero-order valence-electron chi connectivity index (χ0n) is 30.7. The van der Waals surface area contributed by atoms with Crippen LogP contribution in [0, 0.1) is 0 Å². The SMILES string of the molecule is C=CC=C.Cn1c(-c2ccc(-c3ccc(-c4ccc5cnccc5c4)c4c3-c3ccccc3C4(c3ccccc3)c3ccccc3)cc2)nc2ccccc21. The highest BCUT2D eigenvalue weighted by atomic mass is 15.1. The first-order chi connectivity index (χ1) is 27.1. The van der Waals surface area contributed by atoms with Crippen molar-refractivity contribution in [2.24, 2.45) is 7.05 Å². The van der Waals surface area contributed by atoms with Crippen LogP contribution in [0.25, 0.3) is 66.6 Å². The number of para-hydroxylation sites is 2. The Kier molecular flexibility index (Phi) is 8.61. The van der Waals surface area contributed by atoms with E-state index in [0.717, 1.165) is 27.8 Å². The highest BCUT2D eigenvalue weighted by Crippen LogP contribution is 2.60. The number of imidazole rings is 1. The van der Waals surface area contributed by atoms with Crippen LogP contribution in [-0.2, 0) is 12.5 Å². The fraction of sp³-hybridized carbons (Fsp3) is 0.0385. The number of rotatable bonds is 6. The number of hydrogen-bond acceptors (Lipinski definition) is 2. The van der Waals surface area contributed by atoms with Crippen molar-refractivity contribution in [3.8, 4) is 44.8 Å². The van der Waals surface area contributed by atoms with E-state index in [1.807, 2.05) is 18.5 Å². The molecule has 0 saturated heterocycles. The summed E-state index contributed by atoms with van der Waals surface area (Å²) in [6.45, 7) is 6.72. The lowest BCUT2D eigenvalue weighted by Gasteiger charge is -2.35. The molecule has 3 nitrogen and oxygen atoms in total. The quantitative estimate of drug-likeness (QED) is 0.161. The molecule has 0 amide bonds. The zero-order valence-corrected chi connectivity index (χ0v) is 30.7. The van der Waals surface area contributed by atoms with Crippen molar-refractivity contribution >= 4 is 21.8 Å². The van der Waals surface area contributed by atoms with Gasteiger partial charge in [-0.2, -0.15) is 0 Å². The number of hydrogen-bond donors (Lipinski definition) is 0. The summed E-state index contributed by atoms with van der Waals surface area (Å²) in [6, 6.07) is 62.0. The third kappa shape index (κ3) is 5.52. The highest BCUT2D eigenvalue weighted by Gasteiger charge is 2.48. The van der Waals surface area contributed by atoms with Crippen molar-refractivity contribution in [2.45, 2.75) is 5.41 Å². The Labute approximate surface area is 322 Å². The summed E-state index contributed by atoms with van der Waals surface area (Å²) < 4.78 is 2.18. The van der Waals surface area contributed by atoms with Gasteiger partial charge in [-0.05, 0) is 85.3 Å². The standard InChI is InChI=1S/C48H33N3.C4H6/c1-51-44-19-11-10-18-43(44)50-47(51)33-22-20-32(21-23-33)39-26-27-40(35-24-25-36-31-49-29-28-34(36)30-35)46-45(39)41-16-8-9-17-42(41)48(46,37-12-4-2-5-13-37)38-14-6-3-7-15-38;1-3-4-2/h2-31H,1H3;3-4H,1-2H2. The Morgan fingerprint density at radius 3 is 1.87 bits per heavy atom. The molecule has 2 aromatic heterocycles. The van der Waals surface area contributed by atoms with Gasteiger partial charge in [0.05, 0.1) is 16.4 Å². The van der Waals surface area contributed by atoms with Gasteiger partial charge >= 0.3 is 0 Å². The van der Waals surface area contributed by atoms with E-state index in [9.17, 15) is 0 Å². The van der Waals surface area contributed by atoms with Crippen molar-refractivity contribution in [1.29, 1.82) is 0 Å². The minimum atomic E-state index is -0.542. The summed E-state index contributed by atoms with van der Waals surface area (Å²) in [6.07, 6.45) is 7.10. The summed E-state index contributed by atoms with van der Waals surface area (Å²) in [5.74, 6) is 0.965. The van der Waals surface area contributed by atoms with E-state index in [0.29, 0.717) is 0 Å². The zero-order chi connectivity index (χ0) is 37.4. The molecular formula is C52H39N3. The van der Waals surface area contributed by atoms with Crippen molar-refractivity contribution in [3.63, 3.8) is 0 Å². The normalized spacial score (nSPS) is 12.4. The van der Waals surface area contributed by atoms with Gasteiger partial charge in [-0.25, -0.2) is 4.98 Å². The van der Waals surface area contributed by atoms with Gasteiger partial charge in [0.1, 0.15) is 5.82 Å². The molecule has 0 bridgehead atoms. The number of benzene rings is 7. The number of fused-ring (bicyclic) bond motifs is 5. The molecule has 0 aliphatic heterocycles. The topological polar surface area (TPSA) is 30.7 Å². The number of nitrogens with zero attached hydrogens (tertiary/aromatic N) is 3. The average molecular weight is 706 g/mol. The maximum Gasteiger partial charge on any atom is 0.140 e. The molecule has 0 fully saturated rings. The van der Waals surface area contributed by atoms with Crippen LogP contribution in [0.4, 0.5) is 0 Å². The molecule has 0 unspecified atom stereocenters. The summed E-state index contributed by atoms with van der Waals surface area (Å²) in [5.41, 5.74) is 15.2. The van der Waals surface area contributed by atoms with Gasteiger partial charge in [0, 0.05) is 30.4 Å². The first-order valence-corrected chi connectivity index (χ1v) is 18.6. The average Bonchev–Trinajstić information content (AvgIpc) is 3.77. The summed E-state index contributed by atoms with van der Waals surface area (Å²) in [7, 11) is 2.09. The predicted molar refractivity (Wildman–Crippen MR) is 230 cm³/mol. The van der Waals surface area contributed by atoms with Crippen molar-refractivity contribution in [2.75, 3.05) is 0 Å². The Hall–Kier alpha value is -7.10. The molecule has 0 N–H and O–H groups in total. The van der Waals surface area contributed by atoms with E-state index >= 15 is 0 Å². The number of aryl methyl sites for hydroxylation is 1. The number of pyridine rings is 1. The molecule has 0 radical (unpaired) electrons. The lowest BCUT2D eigenvalue weighted by atomic mass is 9.66. The smallest absolute Gasteiger partial charge is 0.140 e. The highest BCUT2D eigenvalue weighted by molar-refractivity contribution is 6.01. The number of allylic oxidation sites excluding steroid dienone is 2. The minimum absolute atomic E-state index is 0.542. The molecule has 3 heteroatoms. The summed E-state index contributed by atoms with van der Waals surface area (Å²) in [5, 5.41) is 2.31. The van der Waals surface area contributed by atoms with Crippen LogP contribution in [0.5, 0.6) is 0 Å². The monoisotopic (exact) mass is 705 g/mol. The van der Waals surface area contributed by atoms with Crippen LogP contribution >= 0.6 is 0 Å². The largest absolute Gasteiger partial charge is 0.327 e.